The second-order valence-corrected chi connectivity index (χ2v) is 1.93. The van der Waals surface area contributed by atoms with Gasteiger partial charge in [-0.25, -0.2) is 4.18 Å². The van der Waals surface area contributed by atoms with Crippen molar-refractivity contribution in [2.75, 3.05) is 12.9 Å². The van der Waals surface area contributed by atoms with Crippen LogP contribution in [0.3, 0.4) is 0 Å². The molecular formula is C3H10O4S2. The molecule has 0 aliphatic heterocycles. The van der Waals surface area contributed by atoms with Crippen LogP contribution in [-0.4, -0.2) is 25.8 Å². The van der Waals surface area contributed by atoms with E-state index < -0.39 is 10.4 Å². The van der Waals surface area contributed by atoms with Crippen molar-refractivity contribution in [2.45, 2.75) is 6.92 Å². The summed E-state index contributed by atoms with van der Waals surface area (Å²) < 4.78 is 30.7. The van der Waals surface area contributed by atoms with E-state index in [2.05, 4.69) is 16.8 Å². The van der Waals surface area contributed by atoms with Crippen LogP contribution in [0.2, 0.25) is 0 Å². The average molecular weight is 174 g/mol. The highest BCUT2D eigenvalue weighted by molar-refractivity contribution is 7.80. The van der Waals surface area contributed by atoms with Gasteiger partial charge in [0.1, 0.15) is 0 Å². The minimum Gasteiger partial charge on any atom is -0.264 e. The molecule has 4 nitrogen and oxygen atoms in total. The first-order valence-corrected chi connectivity index (χ1v) is 4.39. The van der Waals surface area contributed by atoms with Gasteiger partial charge in [-0.05, 0) is 13.2 Å². The van der Waals surface area contributed by atoms with Gasteiger partial charge in [-0.2, -0.15) is 21.0 Å². The Bertz CT molecular complexity index is 127. The highest BCUT2D eigenvalue weighted by atomic mass is 32.3. The van der Waals surface area contributed by atoms with Crippen molar-refractivity contribution in [1.29, 1.82) is 0 Å². The molecule has 0 rings (SSSR count). The van der Waals surface area contributed by atoms with Crippen molar-refractivity contribution in [3.8, 4) is 0 Å². The standard InChI is InChI=1S/C2H6O4S.CH4S/c1-2-6-7(3,4)5;1-2/h2H2,1H3,(H,3,4,5);2H,1H3. The summed E-state index contributed by atoms with van der Waals surface area (Å²) in [5, 5.41) is 0. The predicted octanol–water partition coefficient (Wildman–Crippen LogP) is 0.372. The third kappa shape index (κ3) is 17.9. The first-order chi connectivity index (χ1) is 4.06. The maximum absolute atomic E-state index is 9.56. The highest BCUT2D eigenvalue weighted by Crippen LogP contribution is 1.81. The molecule has 0 saturated carbocycles. The van der Waals surface area contributed by atoms with Crippen molar-refractivity contribution < 1.29 is 17.2 Å². The van der Waals surface area contributed by atoms with Gasteiger partial charge >= 0.3 is 10.4 Å². The molecule has 0 aliphatic carbocycles. The van der Waals surface area contributed by atoms with Crippen LogP contribution >= 0.6 is 12.6 Å². The van der Waals surface area contributed by atoms with E-state index in [1.54, 1.807) is 6.26 Å². The lowest BCUT2D eigenvalue weighted by atomic mass is 10.9. The first kappa shape index (κ1) is 12.0. The molecule has 1 N–H and O–H groups in total. The Morgan fingerprint density at radius 1 is 1.56 bits per heavy atom. The minimum absolute atomic E-state index is 0.0289. The lowest BCUT2D eigenvalue weighted by Gasteiger charge is -1.88. The highest BCUT2D eigenvalue weighted by Gasteiger charge is 1.98. The molecular weight excluding hydrogens is 164 g/mol. The molecule has 0 spiro atoms. The Labute approximate surface area is 60.6 Å². The van der Waals surface area contributed by atoms with Crippen LogP contribution in [0.5, 0.6) is 0 Å². The molecule has 0 fully saturated rings. The maximum atomic E-state index is 9.56. The molecule has 0 unspecified atom stereocenters. The summed E-state index contributed by atoms with van der Waals surface area (Å²) in [6, 6.07) is 0. The average Bonchev–Trinajstić information content (AvgIpc) is 1.69. The Morgan fingerprint density at radius 2 is 1.89 bits per heavy atom. The van der Waals surface area contributed by atoms with Gasteiger partial charge in [-0.3, -0.25) is 4.55 Å². The molecule has 0 amide bonds. The third-order valence-corrected chi connectivity index (χ3v) is 0.800. The Morgan fingerprint density at radius 3 is 1.89 bits per heavy atom. The second kappa shape index (κ2) is 6.34. The van der Waals surface area contributed by atoms with E-state index >= 15 is 0 Å². The van der Waals surface area contributed by atoms with E-state index in [0.717, 1.165) is 0 Å². The summed E-state index contributed by atoms with van der Waals surface area (Å²) in [5.41, 5.74) is 0. The third-order valence-electron chi connectivity index (χ3n) is 0.267. The van der Waals surface area contributed by atoms with Crippen molar-refractivity contribution >= 4 is 23.0 Å². The van der Waals surface area contributed by atoms with Crippen LogP contribution < -0.4 is 0 Å². The zero-order chi connectivity index (χ0) is 7.91. The normalized spacial score (nSPS) is 9.78. The van der Waals surface area contributed by atoms with E-state index in [-0.39, 0.29) is 6.61 Å². The van der Waals surface area contributed by atoms with Crippen LogP contribution in [-0.2, 0) is 14.6 Å². The molecule has 0 radical (unpaired) electrons. The topological polar surface area (TPSA) is 63.6 Å². The Kier molecular flexibility index (Phi) is 8.42. The van der Waals surface area contributed by atoms with Gasteiger partial charge in [0.25, 0.3) is 0 Å². The molecule has 9 heavy (non-hydrogen) atoms. The summed E-state index contributed by atoms with van der Waals surface area (Å²) in [5.74, 6) is 0. The smallest absolute Gasteiger partial charge is 0.264 e. The van der Waals surface area contributed by atoms with Gasteiger partial charge in [-0.15, -0.1) is 0 Å². The Balaban J connectivity index is 0. The molecule has 0 aromatic heterocycles. The fourth-order valence-electron chi connectivity index (χ4n) is 0.149. The van der Waals surface area contributed by atoms with Crippen LogP contribution in [0.25, 0.3) is 0 Å². The lowest BCUT2D eigenvalue weighted by molar-refractivity contribution is 0.283. The fourth-order valence-corrected chi connectivity index (χ4v) is 0.447. The van der Waals surface area contributed by atoms with Crippen molar-refractivity contribution in [3.05, 3.63) is 0 Å². The molecule has 0 aromatic rings. The quantitative estimate of drug-likeness (QED) is 0.469. The van der Waals surface area contributed by atoms with Crippen LogP contribution in [0.15, 0.2) is 0 Å². The summed E-state index contributed by atoms with van der Waals surface area (Å²) in [7, 11) is -4.17. The molecule has 0 aromatic carbocycles. The van der Waals surface area contributed by atoms with Gasteiger partial charge in [0.05, 0.1) is 6.61 Å². The van der Waals surface area contributed by atoms with Crippen LogP contribution in [0.1, 0.15) is 6.92 Å². The van der Waals surface area contributed by atoms with Gasteiger partial charge in [-0.1, -0.05) is 0 Å². The van der Waals surface area contributed by atoms with E-state index in [0.29, 0.717) is 0 Å². The molecule has 0 bridgehead atoms. The summed E-state index contributed by atoms with van der Waals surface area (Å²) in [6.07, 6.45) is 1.69. The summed E-state index contributed by atoms with van der Waals surface area (Å²) >= 11 is 3.53. The molecule has 58 valence electrons. The van der Waals surface area contributed by atoms with Crippen molar-refractivity contribution in [2.24, 2.45) is 0 Å². The molecule has 0 atom stereocenters. The predicted molar refractivity (Wildman–Crippen MR) is 38.1 cm³/mol. The SMILES string of the molecule is CCOS(=O)(=O)O.CS. The van der Waals surface area contributed by atoms with Gasteiger partial charge in [0, 0.05) is 0 Å². The molecule has 0 saturated heterocycles. The number of rotatable bonds is 2. The molecule has 6 heteroatoms. The summed E-state index contributed by atoms with van der Waals surface area (Å²) in [6.45, 7) is 1.44. The summed E-state index contributed by atoms with van der Waals surface area (Å²) in [4.78, 5) is 0. The fraction of sp³-hybridized carbons (Fsp3) is 1.00. The lowest BCUT2D eigenvalue weighted by Crippen LogP contribution is -2.01. The monoisotopic (exact) mass is 174 g/mol. The van der Waals surface area contributed by atoms with E-state index in [1.165, 1.54) is 6.92 Å². The van der Waals surface area contributed by atoms with E-state index in [1.807, 2.05) is 0 Å². The van der Waals surface area contributed by atoms with Gasteiger partial charge in [0.2, 0.25) is 0 Å². The van der Waals surface area contributed by atoms with Gasteiger partial charge < -0.3 is 0 Å². The number of thiol groups is 1. The zero-order valence-corrected chi connectivity index (χ0v) is 6.95. The number of hydrogen-bond donors (Lipinski definition) is 2. The first-order valence-electron chi connectivity index (χ1n) is 2.13. The van der Waals surface area contributed by atoms with E-state index in [9.17, 15) is 8.42 Å². The Hall–Kier alpha value is 0.220. The largest absolute Gasteiger partial charge is 0.397 e. The zero-order valence-electron chi connectivity index (χ0n) is 5.23. The number of hydrogen-bond acceptors (Lipinski definition) is 4. The van der Waals surface area contributed by atoms with Crippen LogP contribution in [0, 0.1) is 0 Å². The van der Waals surface area contributed by atoms with Crippen LogP contribution in [0.4, 0.5) is 0 Å². The second-order valence-electron chi connectivity index (χ2n) is 0.834. The van der Waals surface area contributed by atoms with Crippen molar-refractivity contribution in [1.82, 2.24) is 0 Å². The van der Waals surface area contributed by atoms with Crippen molar-refractivity contribution in [3.63, 3.8) is 0 Å². The van der Waals surface area contributed by atoms with E-state index in [4.69, 9.17) is 4.55 Å². The van der Waals surface area contributed by atoms with Gasteiger partial charge in [0.15, 0.2) is 0 Å². The maximum Gasteiger partial charge on any atom is 0.397 e. The molecule has 0 aliphatic rings. The minimum atomic E-state index is -4.17. The molecule has 0 heterocycles.